The zero-order chi connectivity index (χ0) is 13.4. The number of rotatable bonds is 9. The Morgan fingerprint density at radius 2 is 1.63 bits per heavy atom. The van der Waals surface area contributed by atoms with Crippen LogP contribution in [-0.2, 0) is 0 Å². The first-order chi connectivity index (χ1) is 9.37. The SMILES string of the molecule is CCCCCCCCCC1(C2CC2)CCCCCN1. The maximum Gasteiger partial charge on any atom is 0.0209 e. The zero-order valence-electron chi connectivity index (χ0n) is 13.2. The monoisotopic (exact) mass is 265 g/mol. The van der Waals surface area contributed by atoms with E-state index < -0.39 is 0 Å². The summed E-state index contributed by atoms with van der Waals surface area (Å²) in [6.07, 6.45) is 20.4. The van der Waals surface area contributed by atoms with Gasteiger partial charge in [0.25, 0.3) is 0 Å². The van der Waals surface area contributed by atoms with Crippen LogP contribution in [0.3, 0.4) is 0 Å². The molecule has 1 nitrogen and oxygen atoms in total. The molecule has 1 unspecified atom stereocenters. The Balaban J connectivity index is 1.63. The van der Waals surface area contributed by atoms with Crippen LogP contribution in [0, 0.1) is 5.92 Å². The van der Waals surface area contributed by atoms with Gasteiger partial charge in [-0.2, -0.15) is 0 Å². The van der Waals surface area contributed by atoms with E-state index in [4.69, 9.17) is 0 Å². The highest BCUT2D eigenvalue weighted by atomic mass is 15.0. The second kappa shape index (κ2) is 8.29. The van der Waals surface area contributed by atoms with E-state index in [2.05, 4.69) is 12.2 Å². The van der Waals surface area contributed by atoms with Crippen LogP contribution in [0.5, 0.6) is 0 Å². The van der Waals surface area contributed by atoms with Gasteiger partial charge in [0.05, 0.1) is 0 Å². The van der Waals surface area contributed by atoms with Crippen molar-refractivity contribution in [1.29, 1.82) is 0 Å². The molecule has 2 aliphatic rings. The molecule has 1 heterocycles. The molecular formula is C18H35N. The molecule has 1 heteroatoms. The smallest absolute Gasteiger partial charge is 0.0209 e. The Morgan fingerprint density at radius 3 is 2.37 bits per heavy atom. The Kier molecular flexibility index (Phi) is 6.70. The van der Waals surface area contributed by atoms with Gasteiger partial charge in [-0.1, -0.05) is 64.7 Å². The largest absolute Gasteiger partial charge is 0.311 e. The van der Waals surface area contributed by atoms with Crippen LogP contribution in [-0.4, -0.2) is 12.1 Å². The lowest BCUT2D eigenvalue weighted by atomic mass is 9.83. The molecule has 1 saturated carbocycles. The minimum absolute atomic E-state index is 0.569. The van der Waals surface area contributed by atoms with Crippen molar-refractivity contribution in [3.63, 3.8) is 0 Å². The van der Waals surface area contributed by atoms with Gasteiger partial charge in [-0.3, -0.25) is 0 Å². The molecule has 1 aliphatic carbocycles. The third-order valence-corrected chi connectivity index (χ3v) is 5.36. The number of hydrogen-bond donors (Lipinski definition) is 1. The summed E-state index contributed by atoms with van der Waals surface area (Å²) >= 11 is 0. The predicted molar refractivity (Wildman–Crippen MR) is 84.5 cm³/mol. The fourth-order valence-corrected chi connectivity index (χ4v) is 3.97. The van der Waals surface area contributed by atoms with Gasteiger partial charge >= 0.3 is 0 Å². The zero-order valence-corrected chi connectivity index (χ0v) is 13.2. The van der Waals surface area contributed by atoms with E-state index in [1.54, 1.807) is 0 Å². The van der Waals surface area contributed by atoms with Crippen LogP contribution in [0.2, 0.25) is 0 Å². The van der Waals surface area contributed by atoms with Gasteiger partial charge in [-0.05, 0) is 44.6 Å². The number of nitrogens with one attached hydrogen (secondary N) is 1. The van der Waals surface area contributed by atoms with E-state index in [0.29, 0.717) is 5.54 Å². The third kappa shape index (κ3) is 5.10. The Labute approximate surface area is 120 Å². The molecule has 0 aromatic heterocycles. The highest BCUT2D eigenvalue weighted by Gasteiger charge is 2.44. The van der Waals surface area contributed by atoms with Crippen LogP contribution in [0.1, 0.15) is 96.8 Å². The Morgan fingerprint density at radius 1 is 0.895 bits per heavy atom. The lowest BCUT2D eigenvalue weighted by Crippen LogP contribution is -2.46. The van der Waals surface area contributed by atoms with Gasteiger partial charge in [0.1, 0.15) is 0 Å². The summed E-state index contributed by atoms with van der Waals surface area (Å²) in [7, 11) is 0. The summed E-state index contributed by atoms with van der Waals surface area (Å²) in [5.74, 6) is 1.03. The standard InChI is InChI=1S/C18H35N/c1-2-3-4-5-6-7-9-14-18(17-12-13-17)15-10-8-11-16-19-18/h17,19H,2-16H2,1H3. The molecule has 0 bridgehead atoms. The number of unbranched alkanes of at least 4 members (excludes halogenated alkanes) is 6. The topological polar surface area (TPSA) is 12.0 Å². The Bertz CT molecular complexity index is 224. The second-order valence-corrected chi connectivity index (χ2v) is 7.04. The summed E-state index contributed by atoms with van der Waals surface area (Å²) in [5, 5.41) is 3.97. The van der Waals surface area contributed by atoms with E-state index in [0.717, 1.165) is 5.92 Å². The maximum absolute atomic E-state index is 3.97. The van der Waals surface area contributed by atoms with Crippen LogP contribution in [0.15, 0.2) is 0 Å². The van der Waals surface area contributed by atoms with Crippen molar-refractivity contribution >= 4 is 0 Å². The molecule has 0 amide bonds. The van der Waals surface area contributed by atoms with Crippen molar-refractivity contribution in [1.82, 2.24) is 5.32 Å². The second-order valence-electron chi connectivity index (χ2n) is 7.04. The quantitative estimate of drug-likeness (QED) is 0.547. The molecule has 2 fully saturated rings. The fraction of sp³-hybridized carbons (Fsp3) is 1.00. The van der Waals surface area contributed by atoms with Gasteiger partial charge in [-0.15, -0.1) is 0 Å². The van der Waals surface area contributed by atoms with Crippen molar-refractivity contribution < 1.29 is 0 Å². The molecule has 1 N–H and O–H groups in total. The average Bonchev–Trinajstić information content (AvgIpc) is 3.25. The molecule has 19 heavy (non-hydrogen) atoms. The first kappa shape index (κ1) is 15.4. The molecule has 1 saturated heterocycles. The minimum atomic E-state index is 0.569. The van der Waals surface area contributed by atoms with Gasteiger partial charge < -0.3 is 5.32 Å². The predicted octanol–water partition coefficient (Wildman–Crippen LogP) is 5.44. The maximum atomic E-state index is 3.97. The van der Waals surface area contributed by atoms with Crippen LogP contribution in [0.4, 0.5) is 0 Å². The summed E-state index contributed by atoms with van der Waals surface area (Å²) < 4.78 is 0. The van der Waals surface area contributed by atoms with Crippen molar-refractivity contribution in [2.45, 2.75) is 102 Å². The molecule has 112 valence electrons. The lowest BCUT2D eigenvalue weighted by molar-refractivity contribution is 0.244. The molecular weight excluding hydrogens is 230 g/mol. The van der Waals surface area contributed by atoms with Crippen molar-refractivity contribution in [3.05, 3.63) is 0 Å². The molecule has 1 atom stereocenters. The van der Waals surface area contributed by atoms with Gasteiger partial charge in [0, 0.05) is 5.54 Å². The normalized spacial score (nSPS) is 28.3. The molecule has 0 radical (unpaired) electrons. The Hall–Kier alpha value is -0.0400. The van der Waals surface area contributed by atoms with E-state index in [1.807, 2.05) is 0 Å². The summed E-state index contributed by atoms with van der Waals surface area (Å²) in [6.45, 7) is 3.59. The van der Waals surface area contributed by atoms with Gasteiger partial charge in [0.15, 0.2) is 0 Å². The summed E-state index contributed by atoms with van der Waals surface area (Å²) in [4.78, 5) is 0. The summed E-state index contributed by atoms with van der Waals surface area (Å²) in [5.41, 5.74) is 0.569. The van der Waals surface area contributed by atoms with E-state index >= 15 is 0 Å². The number of hydrogen-bond acceptors (Lipinski definition) is 1. The van der Waals surface area contributed by atoms with Crippen molar-refractivity contribution in [3.8, 4) is 0 Å². The molecule has 0 aromatic rings. The van der Waals surface area contributed by atoms with E-state index in [-0.39, 0.29) is 0 Å². The third-order valence-electron chi connectivity index (χ3n) is 5.36. The molecule has 2 rings (SSSR count). The average molecular weight is 265 g/mol. The van der Waals surface area contributed by atoms with Gasteiger partial charge in [-0.25, -0.2) is 0 Å². The van der Waals surface area contributed by atoms with E-state index in [9.17, 15) is 0 Å². The van der Waals surface area contributed by atoms with Gasteiger partial charge in [0.2, 0.25) is 0 Å². The minimum Gasteiger partial charge on any atom is -0.311 e. The first-order valence-corrected chi connectivity index (χ1v) is 9.12. The van der Waals surface area contributed by atoms with Crippen LogP contribution >= 0.6 is 0 Å². The summed E-state index contributed by atoms with van der Waals surface area (Å²) in [6, 6.07) is 0. The molecule has 1 aliphatic heterocycles. The lowest BCUT2D eigenvalue weighted by Gasteiger charge is -2.34. The fourth-order valence-electron chi connectivity index (χ4n) is 3.97. The van der Waals surface area contributed by atoms with E-state index in [1.165, 1.54) is 96.4 Å². The highest BCUT2D eigenvalue weighted by Crippen LogP contribution is 2.46. The van der Waals surface area contributed by atoms with Crippen molar-refractivity contribution in [2.24, 2.45) is 5.92 Å². The molecule has 0 spiro atoms. The van der Waals surface area contributed by atoms with Crippen LogP contribution in [0.25, 0.3) is 0 Å². The molecule has 0 aromatic carbocycles. The first-order valence-electron chi connectivity index (χ1n) is 9.12. The highest BCUT2D eigenvalue weighted by molar-refractivity contribution is 5.01. The van der Waals surface area contributed by atoms with Crippen LogP contribution < -0.4 is 5.32 Å². The van der Waals surface area contributed by atoms with Crippen molar-refractivity contribution in [2.75, 3.05) is 6.54 Å².